The van der Waals surface area contributed by atoms with Gasteiger partial charge in [-0.1, -0.05) is 23.2 Å². The number of pyridine rings is 1. The SMILES string of the molecule is N#Cc1ccc(NC(=O)c2cc(Cl)nc(Cl)c2)c(F)c1. The normalized spacial score (nSPS) is 9.90. The van der Waals surface area contributed by atoms with Crippen molar-refractivity contribution in [3.8, 4) is 6.07 Å². The molecular weight excluding hydrogens is 304 g/mol. The van der Waals surface area contributed by atoms with Crippen LogP contribution in [0.3, 0.4) is 0 Å². The Morgan fingerprint density at radius 3 is 2.45 bits per heavy atom. The first kappa shape index (κ1) is 14.3. The second-order valence-electron chi connectivity index (χ2n) is 3.76. The Balaban J connectivity index is 2.26. The Morgan fingerprint density at radius 1 is 1.25 bits per heavy atom. The second-order valence-corrected chi connectivity index (χ2v) is 4.54. The second kappa shape index (κ2) is 5.87. The summed E-state index contributed by atoms with van der Waals surface area (Å²) < 4.78 is 13.6. The number of amides is 1. The number of rotatable bonds is 2. The number of nitrogens with zero attached hydrogens (tertiary/aromatic N) is 2. The van der Waals surface area contributed by atoms with Crippen LogP contribution < -0.4 is 5.32 Å². The van der Waals surface area contributed by atoms with E-state index in [0.717, 1.165) is 6.07 Å². The monoisotopic (exact) mass is 309 g/mol. The predicted octanol–water partition coefficient (Wildman–Crippen LogP) is 3.65. The van der Waals surface area contributed by atoms with Crippen LogP contribution in [0.5, 0.6) is 0 Å². The van der Waals surface area contributed by atoms with Gasteiger partial charge in [0.05, 0.1) is 17.3 Å². The summed E-state index contributed by atoms with van der Waals surface area (Å²) in [5, 5.41) is 11.1. The number of nitriles is 1. The Morgan fingerprint density at radius 2 is 1.90 bits per heavy atom. The molecule has 7 heteroatoms. The minimum atomic E-state index is -0.705. The van der Waals surface area contributed by atoms with E-state index < -0.39 is 11.7 Å². The van der Waals surface area contributed by atoms with Crippen LogP contribution in [-0.4, -0.2) is 10.9 Å². The van der Waals surface area contributed by atoms with Crippen LogP contribution in [0.1, 0.15) is 15.9 Å². The zero-order valence-electron chi connectivity index (χ0n) is 9.82. The summed E-state index contributed by atoms with van der Waals surface area (Å²) in [5.74, 6) is -1.29. The molecule has 0 aliphatic rings. The predicted molar refractivity (Wildman–Crippen MR) is 73.3 cm³/mol. The summed E-state index contributed by atoms with van der Waals surface area (Å²) in [6.07, 6.45) is 0. The molecule has 0 saturated heterocycles. The molecule has 0 atom stereocenters. The molecule has 0 aliphatic carbocycles. The van der Waals surface area contributed by atoms with E-state index in [9.17, 15) is 9.18 Å². The van der Waals surface area contributed by atoms with Crippen molar-refractivity contribution in [3.63, 3.8) is 0 Å². The van der Waals surface area contributed by atoms with Crippen LogP contribution in [0.2, 0.25) is 10.3 Å². The quantitative estimate of drug-likeness (QED) is 0.861. The molecule has 0 radical (unpaired) electrons. The molecule has 0 saturated carbocycles. The average Bonchev–Trinajstić information content (AvgIpc) is 2.39. The highest BCUT2D eigenvalue weighted by Gasteiger charge is 2.12. The van der Waals surface area contributed by atoms with Gasteiger partial charge < -0.3 is 5.32 Å². The fourth-order valence-corrected chi connectivity index (χ4v) is 1.94. The number of halogens is 3. The minimum Gasteiger partial charge on any atom is -0.319 e. The highest BCUT2D eigenvalue weighted by atomic mass is 35.5. The van der Waals surface area contributed by atoms with Crippen LogP contribution in [0.15, 0.2) is 30.3 Å². The van der Waals surface area contributed by atoms with E-state index in [0.29, 0.717) is 0 Å². The Hall–Kier alpha value is -2.16. The molecule has 0 spiro atoms. The molecule has 1 heterocycles. The smallest absolute Gasteiger partial charge is 0.255 e. The van der Waals surface area contributed by atoms with Gasteiger partial charge in [0, 0.05) is 5.56 Å². The lowest BCUT2D eigenvalue weighted by Gasteiger charge is -2.07. The number of nitrogens with one attached hydrogen (secondary N) is 1. The molecule has 100 valence electrons. The van der Waals surface area contributed by atoms with Crippen LogP contribution in [0.25, 0.3) is 0 Å². The lowest BCUT2D eigenvalue weighted by atomic mass is 10.2. The summed E-state index contributed by atoms with van der Waals surface area (Å²) in [4.78, 5) is 15.6. The van der Waals surface area contributed by atoms with E-state index in [4.69, 9.17) is 28.5 Å². The Kier molecular flexibility index (Phi) is 4.18. The van der Waals surface area contributed by atoms with Gasteiger partial charge in [0.2, 0.25) is 0 Å². The summed E-state index contributed by atoms with van der Waals surface area (Å²) >= 11 is 11.4. The van der Waals surface area contributed by atoms with Crippen molar-refractivity contribution in [2.45, 2.75) is 0 Å². The van der Waals surface area contributed by atoms with E-state index in [-0.39, 0.29) is 27.1 Å². The fourth-order valence-electron chi connectivity index (χ4n) is 1.48. The number of hydrogen-bond donors (Lipinski definition) is 1. The summed E-state index contributed by atoms with van der Waals surface area (Å²) in [7, 11) is 0. The molecule has 1 N–H and O–H groups in total. The van der Waals surface area contributed by atoms with Crippen molar-refractivity contribution >= 4 is 34.8 Å². The average molecular weight is 310 g/mol. The fraction of sp³-hybridized carbons (Fsp3) is 0. The number of carbonyl (C=O) groups excluding carboxylic acids is 1. The van der Waals surface area contributed by atoms with Crippen molar-refractivity contribution in [2.24, 2.45) is 0 Å². The van der Waals surface area contributed by atoms with Gasteiger partial charge in [0.15, 0.2) is 0 Å². The van der Waals surface area contributed by atoms with Crippen LogP contribution in [-0.2, 0) is 0 Å². The number of aromatic nitrogens is 1. The maximum absolute atomic E-state index is 13.6. The van der Waals surface area contributed by atoms with Crippen molar-refractivity contribution in [2.75, 3.05) is 5.32 Å². The van der Waals surface area contributed by atoms with E-state index in [1.807, 2.05) is 0 Å². The van der Waals surface area contributed by atoms with Crippen LogP contribution in [0.4, 0.5) is 10.1 Å². The first-order valence-electron chi connectivity index (χ1n) is 5.33. The molecule has 0 aliphatic heterocycles. The number of carbonyl (C=O) groups is 1. The van der Waals surface area contributed by atoms with Gasteiger partial charge in [0.1, 0.15) is 16.1 Å². The molecule has 2 rings (SSSR count). The van der Waals surface area contributed by atoms with Gasteiger partial charge in [-0.05, 0) is 30.3 Å². The van der Waals surface area contributed by atoms with Crippen molar-refractivity contribution in [1.29, 1.82) is 5.26 Å². The van der Waals surface area contributed by atoms with Crippen molar-refractivity contribution < 1.29 is 9.18 Å². The molecule has 1 amide bonds. The molecule has 0 unspecified atom stereocenters. The minimum absolute atomic E-state index is 0.0435. The largest absolute Gasteiger partial charge is 0.319 e. The number of anilines is 1. The molecule has 0 bridgehead atoms. The molecule has 2 aromatic rings. The molecular formula is C13H6Cl2FN3O. The summed E-state index contributed by atoms with van der Waals surface area (Å²) in [6, 6.07) is 8.14. The van der Waals surface area contributed by atoms with Gasteiger partial charge in [-0.15, -0.1) is 0 Å². The highest BCUT2D eigenvalue weighted by molar-refractivity contribution is 6.33. The maximum Gasteiger partial charge on any atom is 0.255 e. The van der Waals surface area contributed by atoms with Gasteiger partial charge >= 0.3 is 0 Å². The first-order valence-corrected chi connectivity index (χ1v) is 6.09. The van der Waals surface area contributed by atoms with E-state index in [1.54, 1.807) is 6.07 Å². The van der Waals surface area contributed by atoms with E-state index in [1.165, 1.54) is 24.3 Å². The van der Waals surface area contributed by atoms with E-state index in [2.05, 4.69) is 10.3 Å². The third-order valence-electron chi connectivity index (χ3n) is 2.37. The molecule has 1 aromatic carbocycles. The zero-order valence-corrected chi connectivity index (χ0v) is 11.3. The third kappa shape index (κ3) is 3.23. The topological polar surface area (TPSA) is 65.8 Å². The molecule has 0 fully saturated rings. The third-order valence-corrected chi connectivity index (χ3v) is 2.76. The lowest BCUT2D eigenvalue weighted by molar-refractivity contribution is 0.102. The molecule has 20 heavy (non-hydrogen) atoms. The standard InChI is InChI=1S/C13H6Cl2FN3O/c14-11-4-8(5-12(15)19-11)13(20)18-10-2-1-7(6-17)3-9(10)16/h1-5H,(H,18,20). The van der Waals surface area contributed by atoms with E-state index >= 15 is 0 Å². The Bertz CT molecular complexity index is 708. The van der Waals surface area contributed by atoms with Gasteiger partial charge in [-0.25, -0.2) is 9.37 Å². The van der Waals surface area contributed by atoms with Gasteiger partial charge in [-0.3, -0.25) is 4.79 Å². The van der Waals surface area contributed by atoms with Gasteiger partial charge in [0.25, 0.3) is 5.91 Å². The van der Waals surface area contributed by atoms with Gasteiger partial charge in [-0.2, -0.15) is 5.26 Å². The molecule has 4 nitrogen and oxygen atoms in total. The summed E-state index contributed by atoms with van der Waals surface area (Å²) in [6.45, 7) is 0. The maximum atomic E-state index is 13.6. The van der Waals surface area contributed by atoms with Crippen molar-refractivity contribution in [3.05, 3.63) is 57.6 Å². The summed E-state index contributed by atoms with van der Waals surface area (Å²) in [5.41, 5.74) is 0.271. The van der Waals surface area contributed by atoms with Crippen LogP contribution >= 0.6 is 23.2 Å². The number of benzene rings is 1. The lowest BCUT2D eigenvalue weighted by Crippen LogP contribution is -2.13. The molecule has 1 aromatic heterocycles. The van der Waals surface area contributed by atoms with Crippen molar-refractivity contribution in [1.82, 2.24) is 4.98 Å². The Labute approximate surface area is 123 Å². The highest BCUT2D eigenvalue weighted by Crippen LogP contribution is 2.19. The zero-order chi connectivity index (χ0) is 14.7. The number of hydrogen-bond acceptors (Lipinski definition) is 3. The van der Waals surface area contributed by atoms with Crippen LogP contribution in [0, 0.1) is 17.1 Å². The first-order chi connectivity index (χ1) is 9.49.